The number of aryl methyl sites for hydroxylation is 3. The Labute approximate surface area is 167 Å². The van der Waals surface area contributed by atoms with Crippen molar-refractivity contribution >= 4 is 32.4 Å². The van der Waals surface area contributed by atoms with E-state index >= 15 is 0 Å². The standard InChI is InChI=1S/C23H31N3S/c1-6-11-26(12-7-2)15-19-9-8-10-20-22(19)27-23(24-20)25-21-17(4)13-16(3)14-18(21)5/h8-10,13-14H,6-7,11-12,15H2,1-5H3,(H,24,25). The van der Waals surface area contributed by atoms with E-state index in [1.807, 2.05) is 0 Å². The van der Waals surface area contributed by atoms with Crippen LogP contribution in [-0.2, 0) is 6.54 Å². The van der Waals surface area contributed by atoms with E-state index in [1.165, 1.54) is 45.5 Å². The minimum Gasteiger partial charge on any atom is -0.331 e. The highest BCUT2D eigenvalue weighted by Gasteiger charge is 2.13. The molecule has 1 N–H and O–H groups in total. The molecule has 0 saturated heterocycles. The van der Waals surface area contributed by atoms with Crippen molar-refractivity contribution < 1.29 is 0 Å². The summed E-state index contributed by atoms with van der Waals surface area (Å²) in [5, 5.41) is 4.56. The summed E-state index contributed by atoms with van der Waals surface area (Å²) in [6, 6.07) is 11.0. The molecular weight excluding hydrogens is 350 g/mol. The number of hydrogen-bond acceptors (Lipinski definition) is 4. The van der Waals surface area contributed by atoms with E-state index in [4.69, 9.17) is 4.98 Å². The maximum atomic E-state index is 4.86. The van der Waals surface area contributed by atoms with Crippen molar-refractivity contribution in [3.05, 3.63) is 52.6 Å². The molecule has 0 radical (unpaired) electrons. The summed E-state index contributed by atoms with van der Waals surface area (Å²) in [4.78, 5) is 7.41. The molecule has 0 spiro atoms. The zero-order valence-corrected chi connectivity index (χ0v) is 18.0. The zero-order chi connectivity index (χ0) is 19.4. The van der Waals surface area contributed by atoms with Crippen molar-refractivity contribution in [1.82, 2.24) is 9.88 Å². The van der Waals surface area contributed by atoms with Crippen molar-refractivity contribution in [3.8, 4) is 0 Å². The number of fused-ring (bicyclic) bond motifs is 1. The molecule has 3 aromatic rings. The normalized spacial score (nSPS) is 11.5. The number of benzene rings is 2. The molecule has 3 nitrogen and oxygen atoms in total. The van der Waals surface area contributed by atoms with Crippen LogP contribution in [0, 0.1) is 20.8 Å². The van der Waals surface area contributed by atoms with Crippen LogP contribution in [-0.4, -0.2) is 23.0 Å². The molecule has 0 aliphatic rings. The van der Waals surface area contributed by atoms with Gasteiger partial charge in [0.05, 0.1) is 10.2 Å². The second kappa shape index (κ2) is 8.85. The molecule has 0 aliphatic heterocycles. The van der Waals surface area contributed by atoms with Gasteiger partial charge in [-0.3, -0.25) is 4.90 Å². The Morgan fingerprint density at radius 2 is 1.67 bits per heavy atom. The molecule has 2 aromatic carbocycles. The SMILES string of the molecule is CCCN(CCC)Cc1cccc2nc(Nc3c(C)cc(C)cc3C)sc12. The van der Waals surface area contributed by atoms with Gasteiger partial charge in [0.2, 0.25) is 0 Å². The van der Waals surface area contributed by atoms with Gasteiger partial charge in [-0.05, 0) is 69.5 Å². The smallest absolute Gasteiger partial charge is 0.188 e. The fourth-order valence-electron chi connectivity index (χ4n) is 3.81. The van der Waals surface area contributed by atoms with Gasteiger partial charge < -0.3 is 5.32 Å². The first kappa shape index (κ1) is 19.8. The van der Waals surface area contributed by atoms with Crippen molar-refractivity contribution in [3.63, 3.8) is 0 Å². The first-order valence-corrected chi connectivity index (χ1v) is 10.8. The van der Waals surface area contributed by atoms with Gasteiger partial charge >= 0.3 is 0 Å². The summed E-state index contributed by atoms with van der Waals surface area (Å²) in [7, 11) is 0. The molecule has 1 aromatic heterocycles. The maximum absolute atomic E-state index is 4.86. The third-order valence-corrected chi connectivity index (χ3v) is 5.94. The number of nitrogens with zero attached hydrogens (tertiary/aromatic N) is 2. The van der Waals surface area contributed by atoms with Gasteiger partial charge in [0.1, 0.15) is 0 Å². The molecule has 0 saturated carbocycles. The predicted molar refractivity (Wildman–Crippen MR) is 119 cm³/mol. The number of nitrogens with one attached hydrogen (secondary N) is 1. The lowest BCUT2D eigenvalue weighted by molar-refractivity contribution is 0.267. The van der Waals surface area contributed by atoms with Crippen LogP contribution in [0.3, 0.4) is 0 Å². The van der Waals surface area contributed by atoms with Crippen LogP contribution in [0.4, 0.5) is 10.8 Å². The fourth-order valence-corrected chi connectivity index (χ4v) is 4.78. The van der Waals surface area contributed by atoms with Crippen molar-refractivity contribution in [2.45, 2.75) is 54.0 Å². The van der Waals surface area contributed by atoms with E-state index in [-0.39, 0.29) is 0 Å². The highest BCUT2D eigenvalue weighted by molar-refractivity contribution is 7.22. The topological polar surface area (TPSA) is 28.2 Å². The summed E-state index contributed by atoms with van der Waals surface area (Å²) in [5.41, 5.74) is 7.50. The molecule has 0 atom stereocenters. The van der Waals surface area contributed by atoms with E-state index in [2.05, 4.69) is 75.2 Å². The minimum atomic E-state index is 0.977. The highest BCUT2D eigenvalue weighted by Crippen LogP contribution is 2.33. The van der Waals surface area contributed by atoms with Gasteiger partial charge in [0.25, 0.3) is 0 Å². The van der Waals surface area contributed by atoms with Crippen LogP contribution in [0.1, 0.15) is 48.9 Å². The summed E-state index contributed by atoms with van der Waals surface area (Å²) >= 11 is 1.77. The molecule has 0 amide bonds. The monoisotopic (exact) mass is 381 g/mol. The van der Waals surface area contributed by atoms with E-state index in [9.17, 15) is 0 Å². The lowest BCUT2D eigenvalue weighted by Crippen LogP contribution is -2.24. The predicted octanol–water partition coefficient (Wildman–Crippen LogP) is 6.59. The van der Waals surface area contributed by atoms with Crippen LogP contribution in [0.25, 0.3) is 10.2 Å². The van der Waals surface area contributed by atoms with E-state index < -0.39 is 0 Å². The molecule has 27 heavy (non-hydrogen) atoms. The molecule has 0 fully saturated rings. The first-order chi connectivity index (χ1) is 13.0. The Hall–Kier alpha value is -1.91. The quantitative estimate of drug-likeness (QED) is 0.477. The van der Waals surface area contributed by atoms with Gasteiger partial charge in [0, 0.05) is 12.2 Å². The number of hydrogen-bond donors (Lipinski definition) is 1. The molecular formula is C23H31N3S. The van der Waals surface area contributed by atoms with Crippen molar-refractivity contribution in [2.75, 3.05) is 18.4 Å². The molecule has 0 bridgehead atoms. The van der Waals surface area contributed by atoms with Gasteiger partial charge in [0.15, 0.2) is 5.13 Å². The van der Waals surface area contributed by atoms with Gasteiger partial charge in [-0.25, -0.2) is 4.98 Å². The van der Waals surface area contributed by atoms with Crippen LogP contribution in [0.2, 0.25) is 0 Å². The van der Waals surface area contributed by atoms with Gasteiger partial charge in [-0.15, -0.1) is 0 Å². The number of rotatable bonds is 8. The second-order valence-corrected chi connectivity index (χ2v) is 8.46. The molecule has 3 rings (SSSR count). The Morgan fingerprint density at radius 3 is 2.30 bits per heavy atom. The Kier molecular flexibility index (Phi) is 6.51. The van der Waals surface area contributed by atoms with Crippen LogP contribution >= 0.6 is 11.3 Å². The zero-order valence-electron chi connectivity index (χ0n) is 17.2. The lowest BCUT2D eigenvalue weighted by Gasteiger charge is -2.21. The summed E-state index contributed by atoms with van der Waals surface area (Å²) in [6.07, 6.45) is 2.38. The van der Waals surface area contributed by atoms with Gasteiger partial charge in [-0.2, -0.15) is 0 Å². The van der Waals surface area contributed by atoms with Crippen LogP contribution in [0.15, 0.2) is 30.3 Å². The number of thiazole rings is 1. The molecule has 0 unspecified atom stereocenters. The van der Waals surface area contributed by atoms with E-state index in [0.29, 0.717) is 0 Å². The average Bonchev–Trinajstić information content (AvgIpc) is 3.02. The third-order valence-electron chi connectivity index (χ3n) is 4.88. The summed E-state index contributed by atoms with van der Waals surface area (Å²) < 4.78 is 1.31. The molecule has 0 aliphatic carbocycles. The van der Waals surface area contributed by atoms with E-state index in [1.54, 1.807) is 11.3 Å². The molecule has 4 heteroatoms. The van der Waals surface area contributed by atoms with Crippen LogP contribution in [0.5, 0.6) is 0 Å². The molecule has 144 valence electrons. The molecule has 1 heterocycles. The second-order valence-electron chi connectivity index (χ2n) is 7.46. The van der Waals surface area contributed by atoms with Crippen LogP contribution < -0.4 is 5.32 Å². The Morgan fingerprint density at radius 1 is 1.00 bits per heavy atom. The lowest BCUT2D eigenvalue weighted by atomic mass is 10.1. The van der Waals surface area contributed by atoms with Gasteiger partial charge in [-0.1, -0.05) is 55.0 Å². The van der Waals surface area contributed by atoms with Crippen molar-refractivity contribution in [2.24, 2.45) is 0 Å². The summed E-state index contributed by atoms with van der Waals surface area (Å²) in [6.45, 7) is 14.3. The first-order valence-electron chi connectivity index (χ1n) is 9.97. The van der Waals surface area contributed by atoms with Crippen molar-refractivity contribution in [1.29, 1.82) is 0 Å². The summed E-state index contributed by atoms with van der Waals surface area (Å²) in [5.74, 6) is 0. The van der Waals surface area contributed by atoms with E-state index in [0.717, 1.165) is 30.3 Å². The maximum Gasteiger partial charge on any atom is 0.188 e. The fraction of sp³-hybridized carbons (Fsp3) is 0.435. The largest absolute Gasteiger partial charge is 0.331 e. The minimum absolute atomic E-state index is 0.977. The number of anilines is 2. The Balaban J connectivity index is 1.90. The number of aromatic nitrogens is 1. The Bertz CT molecular complexity index is 884. The highest BCUT2D eigenvalue weighted by atomic mass is 32.1. The third kappa shape index (κ3) is 4.69. The average molecular weight is 382 g/mol.